The highest BCUT2D eigenvalue weighted by molar-refractivity contribution is 9.10. The van der Waals surface area contributed by atoms with Crippen molar-refractivity contribution in [1.29, 1.82) is 0 Å². The fourth-order valence-electron chi connectivity index (χ4n) is 1.08. The molecule has 3 nitrogen and oxygen atoms in total. The number of benzene rings is 1. The Hall–Kier alpha value is -0.870. The van der Waals surface area contributed by atoms with Gasteiger partial charge in [0.1, 0.15) is 0 Å². The van der Waals surface area contributed by atoms with E-state index in [1.807, 2.05) is 12.1 Å². The van der Waals surface area contributed by atoms with Gasteiger partial charge in [0.15, 0.2) is 5.60 Å². The van der Waals surface area contributed by atoms with Crippen LogP contribution in [0.15, 0.2) is 28.7 Å². The van der Waals surface area contributed by atoms with E-state index in [1.54, 1.807) is 12.1 Å². The summed E-state index contributed by atoms with van der Waals surface area (Å²) in [5.74, 6) is -1.21. The van der Waals surface area contributed by atoms with Crippen LogP contribution in [0.3, 0.4) is 0 Å². The summed E-state index contributed by atoms with van der Waals surface area (Å²) in [6, 6.07) is 7.18. The van der Waals surface area contributed by atoms with Gasteiger partial charge >= 0.3 is 5.97 Å². The predicted molar refractivity (Wildman–Crippen MR) is 56.1 cm³/mol. The second-order valence-electron chi connectivity index (χ2n) is 3.38. The van der Waals surface area contributed by atoms with Gasteiger partial charge in [0, 0.05) is 10.9 Å². The molecule has 0 fully saturated rings. The summed E-state index contributed by atoms with van der Waals surface area (Å²) in [5.41, 5.74) is -0.908. The fraction of sp³-hybridized carbons (Fsp3) is 0.300. The monoisotopic (exact) mass is 258 g/mol. The van der Waals surface area contributed by atoms with Crippen molar-refractivity contribution in [1.82, 2.24) is 0 Å². The standard InChI is InChI=1S/C10H11BrO3/c1-10(14,9(12)13)6-7-2-4-8(11)5-3-7/h2-5,14H,6H2,1H3,(H,12,13)/t10-/m0/s1. The molecule has 14 heavy (non-hydrogen) atoms. The first-order valence-electron chi connectivity index (χ1n) is 4.12. The maximum Gasteiger partial charge on any atom is 0.335 e. The third-order valence-corrected chi connectivity index (χ3v) is 2.45. The van der Waals surface area contributed by atoms with Gasteiger partial charge < -0.3 is 10.2 Å². The van der Waals surface area contributed by atoms with E-state index in [-0.39, 0.29) is 6.42 Å². The average molecular weight is 259 g/mol. The van der Waals surface area contributed by atoms with Crippen molar-refractivity contribution < 1.29 is 15.0 Å². The van der Waals surface area contributed by atoms with E-state index in [9.17, 15) is 9.90 Å². The van der Waals surface area contributed by atoms with E-state index in [4.69, 9.17) is 5.11 Å². The minimum Gasteiger partial charge on any atom is -0.479 e. The number of rotatable bonds is 3. The number of aliphatic carboxylic acids is 1. The van der Waals surface area contributed by atoms with E-state index in [0.29, 0.717) is 0 Å². The molecule has 0 radical (unpaired) electrons. The lowest BCUT2D eigenvalue weighted by Gasteiger charge is -2.17. The second kappa shape index (κ2) is 4.11. The van der Waals surface area contributed by atoms with Crippen molar-refractivity contribution >= 4 is 21.9 Å². The Morgan fingerprint density at radius 1 is 1.43 bits per heavy atom. The molecule has 1 rings (SSSR count). The number of hydrogen-bond acceptors (Lipinski definition) is 2. The molecule has 0 saturated carbocycles. The number of halogens is 1. The highest BCUT2D eigenvalue weighted by atomic mass is 79.9. The molecule has 0 aliphatic rings. The van der Waals surface area contributed by atoms with E-state index in [1.165, 1.54) is 6.92 Å². The van der Waals surface area contributed by atoms with Crippen LogP contribution < -0.4 is 0 Å². The SMILES string of the molecule is C[C@](O)(Cc1ccc(Br)cc1)C(=O)O. The van der Waals surface area contributed by atoms with Gasteiger partial charge in [-0.15, -0.1) is 0 Å². The lowest BCUT2D eigenvalue weighted by atomic mass is 9.97. The van der Waals surface area contributed by atoms with Crippen LogP contribution in [0.2, 0.25) is 0 Å². The largest absolute Gasteiger partial charge is 0.479 e. The first kappa shape index (κ1) is 11.2. The quantitative estimate of drug-likeness (QED) is 0.870. The molecule has 0 aliphatic carbocycles. The zero-order chi connectivity index (χ0) is 10.8. The Morgan fingerprint density at radius 2 is 1.93 bits per heavy atom. The third kappa shape index (κ3) is 2.82. The highest BCUT2D eigenvalue weighted by Gasteiger charge is 2.29. The van der Waals surface area contributed by atoms with E-state index < -0.39 is 11.6 Å². The van der Waals surface area contributed by atoms with Gasteiger partial charge in [-0.2, -0.15) is 0 Å². The minimum atomic E-state index is -1.70. The maximum atomic E-state index is 10.6. The van der Waals surface area contributed by atoms with Gasteiger partial charge in [-0.25, -0.2) is 4.79 Å². The summed E-state index contributed by atoms with van der Waals surface area (Å²) in [5, 5.41) is 18.2. The Balaban J connectivity index is 2.79. The van der Waals surface area contributed by atoms with Gasteiger partial charge in [-0.1, -0.05) is 28.1 Å². The normalized spacial score (nSPS) is 14.8. The summed E-state index contributed by atoms with van der Waals surface area (Å²) in [4.78, 5) is 10.6. The molecule has 2 N–H and O–H groups in total. The van der Waals surface area contributed by atoms with E-state index >= 15 is 0 Å². The summed E-state index contributed by atoms with van der Waals surface area (Å²) >= 11 is 3.28. The molecule has 1 aromatic rings. The Labute approximate surface area is 90.5 Å². The van der Waals surface area contributed by atoms with E-state index in [0.717, 1.165) is 10.0 Å². The predicted octanol–water partition coefficient (Wildman–Crippen LogP) is 1.83. The van der Waals surface area contributed by atoms with Crippen LogP contribution in [0.25, 0.3) is 0 Å². The molecule has 0 amide bonds. The molecule has 0 saturated heterocycles. The van der Waals surface area contributed by atoms with Crippen molar-refractivity contribution in [3.05, 3.63) is 34.3 Å². The van der Waals surface area contributed by atoms with Crippen molar-refractivity contribution in [3.8, 4) is 0 Å². The van der Waals surface area contributed by atoms with Crippen LogP contribution in [0, 0.1) is 0 Å². The molecular formula is C10H11BrO3. The van der Waals surface area contributed by atoms with Crippen molar-refractivity contribution in [2.24, 2.45) is 0 Å². The zero-order valence-electron chi connectivity index (χ0n) is 7.70. The molecule has 0 aromatic heterocycles. The van der Waals surface area contributed by atoms with Crippen LogP contribution >= 0.6 is 15.9 Å². The molecule has 1 aromatic carbocycles. The van der Waals surface area contributed by atoms with Crippen LogP contribution in [-0.4, -0.2) is 21.8 Å². The maximum absolute atomic E-state index is 10.6. The molecule has 1 atom stereocenters. The van der Waals surface area contributed by atoms with Crippen LogP contribution in [0.5, 0.6) is 0 Å². The molecule has 0 spiro atoms. The number of hydrogen-bond donors (Lipinski definition) is 2. The number of carbonyl (C=O) groups is 1. The molecule has 4 heteroatoms. The molecule has 0 bridgehead atoms. The Bertz CT molecular complexity index is 330. The van der Waals surface area contributed by atoms with Crippen LogP contribution in [-0.2, 0) is 11.2 Å². The Morgan fingerprint density at radius 3 is 2.36 bits per heavy atom. The molecule has 76 valence electrons. The highest BCUT2D eigenvalue weighted by Crippen LogP contribution is 2.16. The van der Waals surface area contributed by atoms with Gasteiger partial charge in [-0.3, -0.25) is 0 Å². The minimum absolute atomic E-state index is 0.107. The molecule has 0 aliphatic heterocycles. The van der Waals surface area contributed by atoms with Gasteiger partial charge in [-0.05, 0) is 24.6 Å². The smallest absolute Gasteiger partial charge is 0.335 e. The Kier molecular flexibility index (Phi) is 3.29. The summed E-state index contributed by atoms with van der Waals surface area (Å²) < 4.78 is 0.927. The lowest BCUT2D eigenvalue weighted by molar-refractivity contribution is -0.156. The molecular weight excluding hydrogens is 248 g/mol. The lowest BCUT2D eigenvalue weighted by Crippen LogP contribution is -2.37. The first-order valence-corrected chi connectivity index (χ1v) is 4.91. The summed E-state index contributed by atoms with van der Waals surface area (Å²) in [6.45, 7) is 1.29. The zero-order valence-corrected chi connectivity index (χ0v) is 9.28. The number of carboxylic acid groups (broad SMARTS) is 1. The van der Waals surface area contributed by atoms with Crippen LogP contribution in [0.1, 0.15) is 12.5 Å². The molecule has 0 unspecified atom stereocenters. The van der Waals surface area contributed by atoms with Crippen molar-refractivity contribution in [3.63, 3.8) is 0 Å². The van der Waals surface area contributed by atoms with Gasteiger partial charge in [0.05, 0.1) is 0 Å². The molecule has 0 heterocycles. The van der Waals surface area contributed by atoms with Crippen molar-refractivity contribution in [2.75, 3.05) is 0 Å². The average Bonchev–Trinajstić information content (AvgIpc) is 2.08. The third-order valence-electron chi connectivity index (χ3n) is 1.92. The van der Waals surface area contributed by atoms with E-state index in [2.05, 4.69) is 15.9 Å². The van der Waals surface area contributed by atoms with Crippen molar-refractivity contribution in [2.45, 2.75) is 18.9 Å². The summed E-state index contributed by atoms with van der Waals surface area (Å²) in [7, 11) is 0. The topological polar surface area (TPSA) is 57.5 Å². The first-order chi connectivity index (χ1) is 6.42. The number of aliphatic hydroxyl groups is 1. The number of carboxylic acids is 1. The van der Waals surface area contributed by atoms with Gasteiger partial charge in [0.25, 0.3) is 0 Å². The fourth-order valence-corrected chi connectivity index (χ4v) is 1.34. The van der Waals surface area contributed by atoms with Crippen LogP contribution in [0.4, 0.5) is 0 Å². The second-order valence-corrected chi connectivity index (χ2v) is 4.30. The van der Waals surface area contributed by atoms with Gasteiger partial charge in [0.2, 0.25) is 0 Å². The summed E-state index contributed by atoms with van der Waals surface area (Å²) in [6.07, 6.45) is 0.107.